The largest absolute Gasteiger partial charge is 0.378 e. The van der Waals surface area contributed by atoms with Crippen molar-refractivity contribution in [3.05, 3.63) is 28.2 Å². The second kappa shape index (κ2) is 4.45. The third-order valence-corrected chi connectivity index (χ3v) is 2.91. The van der Waals surface area contributed by atoms with Crippen LogP contribution in [0.1, 0.15) is 0 Å². The molecule has 0 atom stereocenters. The Morgan fingerprint density at radius 2 is 1.87 bits per heavy atom. The van der Waals surface area contributed by atoms with Gasteiger partial charge in [0.2, 0.25) is 0 Å². The van der Waals surface area contributed by atoms with E-state index in [9.17, 15) is 8.78 Å². The molecule has 1 fully saturated rings. The van der Waals surface area contributed by atoms with Crippen LogP contribution in [0.5, 0.6) is 0 Å². The predicted molar refractivity (Wildman–Crippen MR) is 57.1 cm³/mol. The van der Waals surface area contributed by atoms with Crippen LogP contribution < -0.4 is 4.90 Å². The molecular weight excluding hydrogens is 268 g/mol. The molecule has 2 rings (SSSR count). The lowest BCUT2D eigenvalue weighted by Gasteiger charge is -2.29. The van der Waals surface area contributed by atoms with Gasteiger partial charge in [0.1, 0.15) is 5.82 Å². The maximum absolute atomic E-state index is 13.5. The van der Waals surface area contributed by atoms with Crippen LogP contribution in [0.3, 0.4) is 0 Å². The molecule has 1 aromatic rings. The Morgan fingerprint density at radius 1 is 1.20 bits per heavy atom. The first kappa shape index (κ1) is 10.8. The summed E-state index contributed by atoms with van der Waals surface area (Å²) in [5.41, 5.74) is 0.416. The van der Waals surface area contributed by atoms with Crippen molar-refractivity contribution >= 4 is 21.6 Å². The molecule has 0 saturated carbocycles. The molecular formula is C10H10BrF2NO. The van der Waals surface area contributed by atoms with E-state index in [1.807, 2.05) is 4.90 Å². The summed E-state index contributed by atoms with van der Waals surface area (Å²) in [6.45, 7) is 2.40. The first-order valence-corrected chi connectivity index (χ1v) is 5.45. The highest BCUT2D eigenvalue weighted by Gasteiger charge is 2.18. The van der Waals surface area contributed by atoms with Crippen LogP contribution in [-0.4, -0.2) is 26.3 Å². The summed E-state index contributed by atoms with van der Waals surface area (Å²) in [6.07, 6.45) is 0. The second-order valence-corrected chi connectivity index (χ2v) is 4.17. The van der Waals surface area contributed by atoms with E-state index >= 15 is 0 Å². The van der Waals surface area contributed by atoms with Crippen LogP contribution in [0.25, 0.3) is 0 Å². The normalized spacial score (nSPS) is 16.9. The number of nitrogens with zero attached hydrogens (tertiary/aromatic N) is 1. The SMILES string of the molecule is Fc1cc(F)c(N2CCOCC2)c(Br)c1. The zero-order valence-electron chi connectivity index (χ0n) is 7.97. The van der Waals surface area contributed by atoms with Crippen molar-refractivity contribution in [2.24, 2.45) is 0 Å². The number of hydrogen-bond acceptors (Lipinski definition) is 2. The number of benzene rings is 1. The molecule has 2 nitrogen and oxygen atoms in total. The zero-order chi connectivity index (χ0) is 10.8. The summed E-state index contributed by atoms with van der Waals surface area (Å²) in [5, 5.41) is 0. The molecule has 0 spiro atoms. The van der Waals surface area contributed by atoms with Gasteiger partial charge in [0.25, 0.3) is 0 Å². The van der Waals surface area contributed by atoms with Crippen molar-refractivity contribution in [1.82, 2.24) is 0 Å². The molecule has 1 saturated heterocycles. The minimum Gasteiger partial charge on any atom is -0.378 e. The standard InChI is InChI=1S/C10H10BrF2NO/c11-8-5-7(12)6-9(13)10(8)14-1-3-15-4-2-14/h5-6H,1-4H2. The second-order valence-electron chi connectivity index (χ2n) is 3.32. The van der Waals surface area contributed by atoms with Gasteiger partial charge in [-0.25, -0.2) is 8.78 Å². The Kier molecular flexibility index (Phi) is 3.21. The quantitative estimate of drug-likeness (QED) is 0.782. The Balaban J connectivity index is 2.33. The van der Waals surface area contributed by atoms with Gasteiger partial charge < -0.3 is 9.64 Å². The van der Waals surface area contributed by atoms with E-state index in [4.69, 9.17) is 4.74 Å². The number of halogens is 3. The van der Waals surface area contributed by atoms with Crippen LogP contribution in [0.15, 0.2) is 16.6 Å². The van der Waals surface area contributed by atoms with Gasteiger partial charge in [-0.2, -0.15) is 0 Å². The lowest BCUT2D eigenvalue weighted by atomic mass is 10.2. The fourth-order valence-corrected chi connectivity index (χ4v) is 2.28. The van der Waals surface area contributed by atoms with Crippen LogP contribution in [0, 0.1) is 11.6 Å². The summed E-state index contributed by atoms with van der Waals surface area (Å²) in [4.78, 5) is 1.85. The monoisotopic (exact) mass is 277 g/mol. The minimum absolute atomic E-state index is 0.416. The van der Waals surface area contributed by atoms with Crippen molar-refractivity contribution in [2.75, 3.05) is 31.2 Å². The molecule has 0 N–H and O–H groups in total. The lowest BCUT2D eigenvalue weighted by Crippen LogP contribution is -2.37. The van der Waals surface area contributed by atoms with E-state index in [2.05, 4.69) is 15.9 Å². The molecule has 0 bridgehead atoms. The molecule has 0 aromatic heterocycles. The maximum atomic E-state index is 13.5. The Labute approximate surface area is 95.0 Å². The van der Waals surface area contributed by atoms with E-state index in [1.165, 1.54) is 6.07 Å². The molecule has 15 heavy (non-hydrogen) atoms. The zero-order valence-corrected chi connectivity index (χ0v) is 9.56. The smallest absolute Gasteiger partial charge is 0.150 e. The number of hydrogen-bond donors (Lipinski definition) is 0. The van der Waals surface area contributed by atoms with Crippen LogP contribution in [-0.2, 0) is 4.74 Å². The Hall–Kier alpha value is -0.680. The summed E-state index contributed by atoms with van der Waals surface area (Å²) < 4.78 is 32.0. The summed E-state index contributed by atoms with van der Waals surface area (Å²) in [7, 11) is 0. The summed E-state index contributed by atoms with van der Waals surface area (Å²) >= 11 is 3.17. The maximum Gasteiger partial charge on any atom is 0.150 e. The van der Waals surface area contributed by atoms with Crippen molar-refractivity contribution in [3.63, 3.8) is 0 Å². The van der Waals surface area contributed by atoms with Gasteiger partial charge in [0, 0.05) is 23.6 Å². The highest BCUT2D eigenvalue weighted by molar-refractivity contribution is 9.10. The topological polar surface area (TPSA) is 12.5 Å². The Bertz CT molecular complexity index is 343. The van der Waals surface area contributed by atoms with Crippen molar-refractivity contribution in [1.29, 1.82) is 0 Å². The Morgan fingerprint density at radius 3 is 2.47 bits per heavy atom. The third-order valence-electron chi connectivity index (χ3n) is 2.31. The van der Waals surface area contributed by atoms with Gasteiger partial charge in [-0.05, 0) is 22.0 Å². The predicted octanol–water partition coefficient (Wildman–Crippen LogP) is 2.56. The van der Waals surface area contributed by atoms with E-state index in [0.29, 0.717) is 36.5 Å². The average Bonchev–Trinajstić information content (AvgIpc) is 2.17. The summed E-state index contributed by atoms with van der Waals surface area (Å²) in [6, 6.07) is 2.17. The molecule has 0 radical (unpaired) electrons. The average molecular weight is 278 g/mol. The number of ether oxygens (including phenoxy) is 1. The van der Waals surface area contributed by atoms with E-state index < -0.39 is 11.6 Å². The minimum atomic E-state index is -0.573. The molecule has 1 aliphatic heterocycles. The van der Waals surface area contributed by atoms with E-state index in [-0.39, 0.29) is 0 Å². The molecule has 1 aromatic carbocycles. The highest BCUT2D eigenvalue weighted by Crippen LogP contribution is 2.30. The van der Waals surface area contributed by atoms with Gasteiger partial charge in [-0.1, -0.05) is 0 Å². The van der Waals surface area contributed by atoms with Gasteiger partial charge in [0.15, 0.2) is 5.82 Å². The fourth-order valence-electron chi connectivity index (χ4n) is 1.62. The molecule has 82 valence electrons. The lowest BCUT2D eigenvalue weighted by molar-refractivity contribution is 0.122. The van der Waals surface area contributed by atoms with Gasteiger partial charge in [-0.15, -0.1) is 0 Å². The highest BCUT2D eigenvalue weighted by atomic mass is 79.9. The van der Waals surface area contributed by atoms with Crippen LogP contribution in [0.2, 0.25) is 0 Å². The molecule has 5 heteroatoms. The van der Waals surface area contributed by atoms with Gasteiger partial charge >= 0.3 is 0 Å². The molecule has 0 unspecified atom stereocenters. The first-order valence-electron chi connectivity index (χ1n) is 4.66. The number of morpholine rings is 1. The first-order chi connectivity index (χ1) is 7.18. The fraction of sp³-hybridized carbons (Fsp3) is 0.400. The van der Waals surface area contributed by atoms with Crippen molar-refractivity contribution < 1.29 is 13.5 Å². The molecule has 1 aliphatic rings. The van der Waals surface area contributed by atoms with Gasteiger partial charge in [-0.3, -0.25) is 0 Å². The van der Waals surface area contributed by atoms with Gasteiger partial charge in [0.05, 0.1) is 18.9 Å². The van der Waals surface area contributed by atoms with E-state index in [1.54, 1.807) is 0 Å². The van der Waals surface area contributed by atoms with E-state index in [0.717, 1.165) is 6.07 Å². The number of anilines is 1. The summed E-state index contributed by atoms with van der Waals surface area (Å²) in [5.74, 6) is -1.11. The number of rotatable bonds is 1. The van der Waals surface area contributed by atoms with Crippen molar-refractivity contribution in [2.45, 2.75) is 0 Å². The molecule has 0 amide bonds. The van der Waals surface area contributed by atoms with Crippen molar-refractivity contribution in [3.8, 4) is 0 Å². The van der Waals surface area contributed by atoms with Crippen LogP contribution >= 0.6 is 15.9 Å². The molecule has 1 heterocycles. The molecule has 0 aliphatic carbocycles. The van der Waals surface area contributed by atoms with Crippen LogP contribution in [0.4, 0.5) is 14.5 Å². The third kappa shape index (κ3) is 2.29.